The van der Waals surface area contributed by atoms with E-state index in [1.165, 1.54) is 25.7 Å². The molecule has 2 aliphatic rings. The predicted octanol–water partition coefficient (Wildman–Crippen LogP) is 3.31. The standard InChI is InChI=1S/C17H19NO2S/c19-21(20,18-17(13-5-6-13)14-7-8-14)16-10-9-12-3-1-2-4-15(12)11-16/h1-4,9-11,13-14,17-18H,5-8H2. The van der Waals surface area contributed by atoms with Gasteiger partial charge >= 0.3 is 0 Å². The molecular formula is C17H19NO2S. The van der Waals surface area contributed by atoms with Gasteiger partial charge in [-0.1, -0.05) is 30.3 Å². The minimum Gasteiger partial charge on any atom is -0.208 e. The van der Waals surface area contributed by atoms with E-state index in [4.69, 9.17) is 0 Å². The highest BCUT2D eigenvalue weighted by atomic mass is 32.2. The average Bonchev–Trinajstić information content (AvgIpc) is 3.38. The largest absolute Gasteiger partial charge is 0.240 e. The second-order valence-electron chi connectivity index (χ2n) is 6.33. The molecule has 0 aliphatic heterocycles. The number of hydrogen-bond donors (Lipinski definition) is 1. The van der Waals surface area contributed by atoms with Gasteiger partial charge in [0.15, 0.2) is 0 Å². The molecule has 2 aliphatic carbocycles. The summed E-state index contributed by atoms with van der Waals surface area (Å²) in [5.41, 5.74) is 0. The van der Waals surface area contributed by atoms with Crippen molar-refractivity contribution in [1.82, 2.24) is 4.72 Å². The zero-order valence-corrected chi connectivity index (χ0v) is 12.6. The van der Waals surface area contributed by atoms with Gasteiger partial charge in [0.25, 0.3) is 0 Å². The Hall–Kier alpha value is -1.39. The van der Waals surface area contributed by atoms with Gasteiger partial charge in [0.1, 0.15) is 0 Å². The average molecular weight is 301 g/mol. The quantitative estimate of drug-likeness (QED) is 0.921. The zero-order chi connectivity index (χ0) is 14.4. The van der Waals surface area contributed by atoms with Gasteiger partial charge in [-0.15, -0.1) is 0 Å². The third-order valence-electron chi connectivity index (χ3n) is 4.58. The van der Waals surface area contributed by atoms with Crippen molar-refractivity contribution in [2.24, 2.45) is 11.8 Å². The Morgan fingerprint density at radius 1 is 0.905 bits per heavy atom. The minimum atomic E-state index is -3.41. The first-order valence-corrected chi connectivity index (χ1v) is 9.13. The van der Waals surface area contributed by atoms with Gasteiger partial charge in [-0.2, -0.15) is 0 Å². The Balaban J connectivity index is 1.65. The molecule has 1 N–H and O–H groups in total. The van der Waals surface area contributed by atoms with Crippen LogP contribution in [0, 0.1) is 11.8 Å². The normalized spacial score (nSPS) is 19.3. The van der Waals surface area contributed by atoms with Crippen LogP contribution in [-0.4, -0.2) is 14.5 Å². The SMILES string of the molecule is O=S(=O)(NC(C1CC1)C1CC1)c1ccc2ccccc2c1. The van der Waals surface area contributed by atoms with Gasteiger partial charge in [-0.3, -0.25) is 0 Å². The molecule has 21 heavy (non-hydrogen) atoms. The molecular weight excluding hydrogens is 282 g/mol. The summed E-state index contributed by atoms with van der Waals surface area (Å²) >= 11 is 0. The molecule has 110 valence electrons. The summed E-state index contributed by atoms with van der Waals surface area (Å²) in [7, 11) is -3.41. The second kappa shape index (κ2) is 4.82. The van der Waals surface area contributed by atoms with Gasteiger partial charge < -0.3 is 0 Å². The van der Waals surface area contributed by atoms with Crippen LogP contribution in [0.4, 0.5) is 0 Å². The van der Waals surface area contributed by atoms with Gasteiger partial charge in [-0.25, -0.2) is 13.1 Å². The third-order valence-corrected chi connectivity index (χ3v) is 6.04. The summed E-state index contributed by atoms with van der Waals surface area (Å²) in [6.45, 7) is 0. The molecule has 2 aromatic rings. The van der Waals surface area contributed by atoms with E-state index < -0.39 is 10.0 Å². The molecule has 0 bridgehead atoms. The van der Waals surface area contributed by atoms with Crippen LogP contribution in [0.3, 0.4) is 0 Å². The van der Waals surface area contributed by atoms with Crippen LogP contribution >= 0.6 is 0 Å². The highest BCUT2D eigenvalue weighted by molar-refractivity contribution is 7.89. The van der Waals surface area contributed by atoms with Crippen molar-refractivity contribution in [1.29, 1.82) is 0 Å². The monoisotopic (exact) mass is 301 g/mol. The van der Waals surface area contributed by atoms with Crippen LogP contribution in [0.5, 0.6) is 0 Å². The van der Waals surface area contributed by atoms with Crippen molar-refractivity contribution in [3.05, 3.63) is 42.5 Å². The molecule has 2 saturated carbocycles. The van der Waals surface area contributed by atoms with Gasteiger partial charge in [0, 0.05) is 6.04 Å². The number of hydrogen-bond acceptors (Lipinski definition) is 2. The molecule has 0 unspecified atom stereocenters. The lowest BCUT2D eigenvalue weighted by molar-refractivity contribution is 0.471. The zero-order valence-electron chi connectivity index (χ0n) is 11.8. The molecule has 2 aromatic carbocycles. The molecule has 4 rings (SSSR count). The predicted molar refractivity (Wildman–Crippen MR) is 83.5 cm³/mol. The first kappa shape index (κ1) is 13.3. The van der Waals surface area contributed by atoms with Crippen LogP contribution < -0.4 is 4.72 Å². The summed E-state index contributed by atoms with van der Waals surface area (Å²) in [6, 6.07) is 13.4. The van der Waals surface area contributed by atoms with E-state index in [9.17, 15) is 8.42 Å². The smallest absolute Gasteiger partial charge is 0.208 e. The van der Waals surface area contributed by atoms with E-state index in [-0.39, 0.29) is 6.04 Å². The van der Waals surface area contributed by atoms with Gasteiger partial charge in [0.2, 0.25) is 10.0 Å². The third kappa shape index (κ3) is 2.70. The maximum atomic E-state index is 12.6. The Morgan fingerprint density at radius 3 is 2.14 bits per heavy atom. The van der Waals surface area contributed by atoms with Crippen molar-refractivity contribution in [2.75, 3.05) is 0 Å². The van der Waals surface area contributed by atoms with E-state index in [1.807, 2.05) is 30.3 Å². The van der Waals surface area contributed by atoms with Crippen LogP contribution in [0.1, 0.15) is 25.7 Å². The summed E-state index contributed by atoms with van der Waals surface area (Å²) in [5, 5.41) is 2.03. The van der Waals surface area contributed by atoms with E-state index >= 15 is 0 Å². The molecule has 4 heteroatoms. The maximum Gasteiger partial charge on any atom is 0.240 e. The summed E-state index contributed by atoms with van der Waals surface area (Å²) in [5.74, 6) is 1.13. The van der Waals surface area contributed by atoms with Crippen molar-refractivity contribution in [2.45, 2.75) is 36.6 Å². The maximum absolute atomic E-state index is 12.6. The fourth-order valence-corrected chi connectivity index (χ4v) is 4.48. The molecule has 0 heterocycles. The fourth-order valence-electron chi connectivity index (χ4n) is 3.07. The molecule has 0 aromatic heterocycles. The Bertz CT molecular complexity index is 764. The van der Waals surface area contributed by atoms with E-state index in [0.29, 0.717) is 16.7 Å². The minimum absolute atomic E-state index is 0.154. The molecule has 2 fully saturated rings. The molecule has 0 saturated heterocycles. The number of fused-ring (bicyclic) bond motifs is 1. The summed E-state index contributed by atoms with van der Waals surface area (Å²) < 4.78 is 28.2. The lowest BCUT2D eigenvalue weighted by Gasteiger charge is -2.18. The van der Waals surface area contributed by atoms with E-state index in [1.54, 1.807) is 12.1 Å². The molecule has 0 radical (unpaired) electrons. The molecule has 0 spiro atoms. The number of nitrogens with one attached hydrogen (secondary N) is 1. The van der Waals surface area contributed by atoms with Crippen LogP contribution in [0.15, 0.2) is 47.4 Å². The number of sulfonamides is 1. The molecule has 3 nitrogen and oxygen atoms in total. The van der Waals surface area contributed by atoms with E-state index in [2.05, 4.69) is 4.72 Å². The van der Waals surface area contributed by atoms with Crippen molar-refractivity contribution >= 4 is 20.8 Å². The van der Waals surface area contributed by atoms with Crippen LogP contribution in [0.25, 0.3) is 10.8 Å². The number of rotatable bonds is 5. The van der Waals surface area contributed by atoms with Gasteiger partial charge in [-0.05, 0) is 60.4 Å². The van der Waals surface area contributed by atoms with Gasteiger partial charge in [0.05, 0.1) is 4.90 Å². The fraction of sp³-hybridized carbons (Fsp3) is 0.412. The first-order valence-electron chi connectivity index (χ1n) is 7.65. The highest BCUT2D eigenvalue weighted by Crippen LogP contribution is 2.45. The Labute approximate surface area is 125 Å². The van der Waals surface area contributed by atoms with E-state index in [0.717, 1.165) is 10.8 Å². The lowest BCUT2D eigenvalue weighted by Crippen LogP contribution is -2.38. The Kier molecular flexibility index (Phi) is 3.05. The number of benzene rings is 2. The van der Waals surface area contributed by atoms with Crippen LogP contribution in [-0.2, 0) is 10.0 Å². The van der Waals surface area contributed by atoms with Crippen molar-refractivity contribution < 1.29 is 8.42 Å². The molecule has 0 atom stereocenters. The Morgan fingerprint density at radius 2 is 1.52 bits per heavy atom. The first-order chi connectivity index (χ1) is 10.1. The second-order valence-corrected chi connectivity index (χ2v) is 8.04. The summed E-state index contributed by atoms with van der Waals surface area (Å²) in [6.07, 6.45) is 4.67. The van der Waals surface area contributed by atoms with Crippen molar-refractivity contribution in [3.8, 4) is 0 Å². The van der Waals surface area contributed by atoms with Crippen molar-refractivity contribution in [3.63, 3.8) is 0 Å². The van der Waals surface area contributed by atoms with Crippen LogP contribution in [0.2, 0.25) is 0 Å². The topological polar surface area (TPSA) is 46.2 Å². The summed E-state index contributed by atoms with van der Waals surface area (Å²) in [4.78, 5) is 0.382. The molecule has 0 amide bonds. The lowest BCUT2D eigenvalue weighted by atomic mass is 10.1. The highest BCUT2D eigenvalue weighted by Gasteiger charge is 2.43.